The number of hydrogen-bond acceptors (Lipinski definition) is 2. The topological polar surface area (TPSA) is 12.9 Å². The Morgan fingerprint density at radius 3 is 2.48 bits per heavy atom. The maximum atomic E-state index is 4.65. The largest absolute Gasteiger partial charge is 0.237 e. The summed E-state index contributed by atoms with van der Waals surface area (Å²) in [6, 6.07) is 16.4. The van der Waals surface area contributed by atoms with E-state index in [2.05, 4.69) is 78.6 Å². The van der Waals surface area contributed by atoms with Crippen molar-refractivity contribution in [2.45, 2.75) is 0 Å². The Labute approximate surface area is 144 Å². The molecule has 0 aliphatic heterocycles. The summed E-state index contributed by atoms with van der Waals surface area (Å²) >= 11 is 8.58. The molecule has 2 aromatic carbocycles. The summed E-state index contributed by atoms with van der Waals surface area (Å²) in [6.45, 7) is 0. The quantitative estimate of drug-likeness (QED) is 0.470. The molecule has 0 unspecified atom stereocenters. The van der Waals surface area contributed by atoms with Crippen molar-refractivity contribution in [3.63, 3.8) is 0 Å². The van der Waals surface area contributed by atoms with Gasteiger partial charge in [-0.2, -0.15) is 0 Å². The standard InChI is InChI=1S/C17H11Br2NS/c18-14-7-5-13(6-8-14)16-11-21-17(20-16)9-4-12-2-1-3-15(19)10-12/h1-11H. The van der Waals surface area contributed by atoms with Crippen molar-refractivity contribution in [1.29, 1.82) is 0 Å². The van der Waals surface area contributed by atoms with Gasteiger partial charge in [-0.1, -0.05) is 62.2 Å². The summed E-state index contributed by atoms with van der Waals surface area (Å²) < 4.78 is 2.16. The minimum atomic E-state index is 1.01. The van der Waals surface area contributed by atoms with E-state index in [1.54, 1.807) is 11.3 Å². The summed E-state index contributed by atoms with van der Waals surface area (Å²) in [5.41, 5.74) is 3.31. The van der Waals surface area contributed by atoms with Crippen LogP contribution in [0, 0.1) is 0 Å². The van der Waals surface area contributed by atoms with E-state index in [9.17, 15) is 0 Å². The lowest BCUT2D eigenvalue weighted by Crippen LogP contribution is -1.77. The summed E-state index contributed by atoms with van der Waals surface area (Å²) in [5.74, 6) is 0. The lowest BCUT2D eigenvalue weighted by atomic mass is 10.2. The molecule has 0 bridgehead atoms. The zero-order chi connectivity index (χ0) is 14.7. The maximum absolute atomic E-state index is 4.65. The Morgan fingerprint density at radius 1 is 0.905 bits per heavy atom. The Morgan fingerprint density at radius 2 is 1.71 bits per heavy atom. The smallest absolute Gasteiger partial charge is 0.116 e. The molecule has 3 rings (SSSR count). The monoisotopic (exact) mass is 419 g/mol. The highest BCUT2D eigenvalue weighted by molar-refractivity contribution is 9.10. The molecule has 0 spiro atoms. The van der Waals surface area contributed by atoms with Crippen LogP contribution in [0.4, 0.5) is 0 Å². The van der Waals surface area contributed by atoms with Gasteiger partial charge in [0, 0.05) is 19.9 Å². The third-order valence-corrected chi connectivity index (χ3v) is 4.76. The van der Waals surface area contributed by atoms with E-state index in [1.165, 1.54) is 0 Å². The van der Waals surface area contributed by atoms with Crippen LogP contribution in [0.25, 0.3) is 23.4 Å². The van der Waals surface area contributed by atoms with Gasteiger partial charge in [0.2, 0.25) is 0 Å². The minimum absolute atomic E-state index is 1.01. The van der Waals surface area contributed by atoms with Crippen LogP contribution in [0.15, 0.2) is 62.9 Å². The van der Waals surface area contributed by atoms with Crippen LogP contribution >= 0.6 is 43.2 Å². The molecule has 21 heavy (non-hydrogen) atoms. The van der Waals surface area contributed by atoms with Crippen molar-refractivity contribution in [1.82, 2.24) is 4.98 Å². The minimum Gasteiger partial charge on any atom is -0.237 e. The second-order valence-corrected chi connectivity index (χ2v) is 7.19. The molecular formula is C17H11Br2NS. The van der Waals surface area contributed by atoms with Crippen molar-refractivity contribution >= 4 is 55.3 Å². The molecule has 0 aliphatic rings. The molecule has 0 atom stereocenters. The highest BCUT2D eigenvalue weighted by atomic mass is 79.9. The van der Waals surface area contributed by atoms with Crippen molar-refractivity contribution < 1.29 is 0 Å². The molecule has 0 N–H and O–H groups in total. The number of aromatic nitrogens is 1. The number of rotatable bonds is 3. The average molecular weight is 421 g/mol. The van der Waals surface area contributed by atoms with Crippen molar-refractivity contribution in [3.8, 4) is 11.3 Å². The van der Waals surface area contributed by atoms with Gasteiger partial charge in [0.05, 0.1) is 5.69 Å². The van der Waals surface area contributed by atoms with Crippen LogP contribution in [-0.4, -0.2) is 4.98 Å². The van der Waals surface area contributed by atoms with Gasteiger partial charge in [-0.3, -0.25) is 0 Å². The Balaban J connectivity index is 1.80. The van der Waals surface area contributed by atoms with Gasteiger partial charge >= 0.3 is 0 Å². The van der Waals surface area contributed by atoms with E-state index in [-0.39, 0.29) is 0 Å². The summed E-state index contributed by atoms with van der Waals surface area (Å²) in [5, 5.41) is 3.09. The highest BCUT2D eigenvalue weighted by Gasteiger charge is 2.02. The lowest BCUT2D eigenvalue weighted by molar-refractivity contribution is 1.38. The van der Waals surface area contributed by atoms with Gasteiger partial charge in [-0.15, -0.1) is 11.3 Å². The Kier molecular flexibility index (Phi) is 4.68. The lowest BCUT2D eigenvalue weighted by Gasteiger charge is -1.96. The summed E-state index contributed by atoms with van der Waals surface area (Å²) in [7, 11) is 0. The molecule has 0 amide bonds. The van der Waals surface area contributed by atoms with Gasteiger partial charge in [-0.25, -0.2) is 4.98 Å². The molecule has 0 fully saturated rings. The first-order valence-corrected chi connectivity index (χ1v) is 8.82. The Hall–Kier alpha value is -1.23. The fourth-order valence-corrected chi connectivity index (χ4v) is 3.30. The predicted octanol–water partition coefficient (Wildman–Crippen LogP) is 6.51. The van der Waals surface area contributed by atoms with E-state index in [0.29, 0.717) is 0 Å². The van der Waals surface area contributed by atoms with Gasteiger partial charge in [0.15, 0.2) is 0 Å². The summed E-state index contributed by atoms with van der Waals surface area (Å²) in [4.78, 5) is 4.65. The molecule has 0 saturated carbocycles. The number of nitrogens with zero attached hydrogens (tertiary/aromatic N) is 1. The van der Waals surface area contributed by atoms with Gasteiger partial charge in [-0.05, 0) is 35.9 Å². The van der Waals surface area contributed by atoms with Crippen LogP contribution in [-0.2, 0) is 0 Å². The molecule has 3 aromatic rings. The van der Waals surface area contributed by atoms with E-state index in [0.717, 1.165) is 30.8 Å². The van der Waals surface area contributed by atoms with Crippen molar-refractivity contribution in [3.05, 3.63) is 73.4 Å². The van der Waals surface area contributed by atoms with Crippen LogP contribution in [0.2, 0.25) is 0 Å². The second-order valence-electron chi connectivity index (χ2n) is 4.47. The zero-order valence-electron chi connectivity index (χ0n) is 11.0. The van der Waals surface area contributed by atoms with E-state index < -0.39 is 0 Å². The molecule has 104 valence electrons. The third-order valence-electron chi connectivity index (χ3n) is 2.93. The van der Waals surface area contributed by atoms with E-state index in [1.807, 2.05) is 24.3 Å². The predicted molar refractivity (Wildman–Crippen MR) is 98.3 cm³/mol. The molecule has 0 radical (unpaired) electrons. The molecule has 1 heterocycles. The van der Waals surface area contributed by atoms with Crippen molar-refractivity contribution in [2.24, 2.45) is 0 Å². The number of halogens is 2. The first-order chi connectivity index (χ1) is 10.2. The maximum Gasteiger partial charge on any atom is 0.116 e. The van der Waals surface area contributed by atoms with E-state index >= 15 is 0 Å². The number of benzene rings is 2. The highest BCUT2D eigenvalue weighted by Crippen LogP contribution is 2.24. The molecule has 0 saturated heterocycles. The van der Waals surface area contributed by atoms with Gasteiger partial charge in [0.25, 0.3) is 0 Å². The van der Waals surface area contributed by atoms with Crippen LogP contribution < -0.4 is 0 Å². The molecule has 0 aliphatic carbocycles. The third kappa shape index (κ3) is 3.90. The first kappa shape index (κ1) is 14.7. The normalized spacial score (nSPS) is 11.1. The fraction of sp³-hybridized carbons (Fsp3) is 0. The molecule has 1 nitrogen and oxygen atoms in total. The number of thiazole rings is 1. The fourth-order valence-electron chi connectivity index (χ4n) is 1.90. The van der Waals surface area contributed by atoms with Crippen molar-refractivity contribution in [2.75, 3.05) is 0 Å². The number of hydrogen-bond donors (Lipinski definition) is 0. The van der Waals surface area contributed by atoms with Gasteiger partial charge < -0.3 is 0 Å². The Bertz CT molecular complexity index is 775. The second kappa shape index (κ2) is 6.69. The van der Waals surface area contributed by atoms with Gasteiger partial charge in [0.1, 0.15) is 5.01 Å². The molecular weight excluding hydrogens is 410 g/mol. The zero-order valence-corrected chi connectivity index (χ0v) is 15.0. The summed E-state index contributed by atoms with van der Waals surface area (Å²) in [6.07, 6.45) is 4.13. The molecule has 4 heteroatoms. The first-order valence-electron chi connectivity index (χ1n) is 6.36. The van der Waals surface area contributed by atoms with Crippen LogP contribution in [0.3, 0.4) is 0 Å². The SMILES string of the molecule is Brc1ccc(-c2csc(C=Cc3cccc(Br)c3)n2)cc1. The van der Waals surface area contributed by atoms with Crippen LogP contribution in [0.1, 0.15) is 10.6 Å². The van der Waals surface area contributed by atoms with E-state index in [4.69, 9.17) is 0 Å². The average Bonchev–Trinajstić information content (AvgIpc) is 2.95. The molecule has 1 aromatic heterocycles. The van der Waals surface area contributed by atoms with Crippen LogP contribution in [0.5, 0.6) is 0 Å².